The maximum absolute atomic E-state index is 11.6. The average Bonchev–Trinajstić information content (AvgIpc) is 1.94. The van der Waals surface area contributed by atoms with Crippen LogP contribution >= 0.6 is 0 Å². The molecule has 1 heterocycles. The Morgan fingerprint density at radius 3 is 2.19 bits per heavy atom. The molecule has 1 rings (SSSR count). The molecule has 1 saturated heterocycles. The molecule has 0 aromatic rings. The number of ether oxygens (including phenoxy) is 1. The molecule has 2 atom stereocenters. The highest BCUT2D eigenvalue weighted by atomic mass is 32.2. The van der Waals surface area contributed by atoms with E-state index in [2.05, 4.69) is 0 Å². The molecule has 0 radical (unpaired) electrons. The number of carbonyl (C=O) groups is 1. The van der Waals surface area contributed by atoms with Crippen LogP contribution in [0.5, 0.6) is 0 Å². The molecule has 16 heavy (non-hydrogen) atoms. The minimum Gasteiger partial charge on any atom is -0.444 e. The summed E-state index contributed by atoms with van der Waals surface area (Å²) < 4.78 is 27.8. The van der Waals surface area contributed by atoms with E-state index in [0.717, 1.165) is 0 Å². The molecule has 0 aromatic carbocycles. The first-order valence-corrected chi connectivity index (χ1v) is 7.16. The standard InChI is InChI=1S/C10H19NO4S/c1-7-8(16(5,13)14)6-11(7)9(12)15-10(2,3)4/h7-8H,6H2,1-5H3/t7-,8+/m1/s1. The molecule has 1 fully saturated rings. The zero-order valence-electron chi connectivity index (χ0n) is 10.4. The van der Waals surface area contributed by atoms with E-state index in [1.807, 2.05) is 0 Å². The predicted molar refractivity (Wildman–Crippen MR) is 61.0 cm³/mol. The molecule has 94 valence electrons. The van der Waals surface area contributed by atoms with Gasteiger partial charge in [-0.25, -0.2) is 13.2 Å². The molecule has 1 aliphatic rings. The van der Waals surface area contributed by atoms with Gasteiger partial charge in [-0.15, -0.1) is 0 Å². The second kappa shape index (κ2) is 3.91. The normalized spacial score (nSPS) is 26.2. The summed E-state index contributed by atoms with van der Waals surface area (Å²) in [7, 11) is -3.07. The van der Waals surface area contributed by atoms with Crippen LogP contribution in [0.3, 0.4) is 0 Å². The Bertz CT molecular complexity index is 382. The average molecular weight is 249 g/mol. The molecule has 0 aliphatic carbocycles. The van der Waals surface area contributed by atoms with E-state index in [4.69, 9.17) is 4.74 Å². The summed E-state index contributed by atoms with van der Waals surface area (Å²) >= 11 is 0. The minimum absolute atomic E-state index is 0.231. The maximum atomic E-state index is 11.6. The zero-order valence-corrected chi connectivity index (χ0v) is 11.2. The van der Waals surface area contributed by atoms with Gasteiger partial charge in [-0.05, 0) is 27.7 Å². The summed E-state index contributed by atoms with van der Waals surface area (Å²) in [6, 6.07) is -0.301. The van der Waals surface area contributed by atoms with Crippen LogP contribution < -0.4 is 0 Å². The van der Waals surface area contributed by atoms with Gasteiger partial charge in [0.15, 0.2) is 9.84 Å². The van der Waals surface area contributed by atoms with Crippen LogP contribution in [-0.4, -0.2) is 49.1 Å². The third kappa shape index (κ3) is 2.87. The summed E-state index contributed by atoms with van der Waals surface area (Å²) in [5.41, 5.74) is -0.549. The second-order valence-electron chi connectivity index (χ2n) is 5.24. The molecule has 1 aliphatic heterocycles. The summed E-state index contributed by atoms with van der Waals surface area (Å²) in [4.78, 5) is 13.1. The van der Waals surface area contributed by atoms with Gasteiger partial charge in [-0.1, -0.05) is 0 Å². The molecular weight excluding hydrogens is 230 g/mol. The van der Waals surface area contributed by atoms with Crippen LogP contribution in [-0.2, 0) is 14.6 Å². The Morgan fingerprint density at radius 2 is 1.88 bits per heavy atom. The number of sulfone groups is 1. The van der Waals surface area contributed by atoms with Crippen molar-refractivity contribution in [1.29, 1.82) is 0 Å². The highest BCUT2D eigenvalue weighted by molar-refractivity contribution is 7.91. The van der Waals surface area contributed by atoms with Gasteiger partial charge in [0.1, 0.15) is 5.60 Å². The lowest BCUT2D eigenvalue weighted by Crippen LogP contribution is -2.63. The van der Waals surface area contributed by atoms with Gasteiger partial charge >= 0.3 is 6.09 Å². The van der Waals surface area contributed by atoms with Crippen molar-refractivity contribution in [3.63, 3.8) is 0 Å². The van der Waals surface area contributed by atoms with Crippen LogP contribution in [0.2, 0.25) is 0 Å². The van der Waals surface area contributed by atoms with Gasteiger partial charge in [0, 0.05) is 12.8 Å². The number of nitrogens with zero attached hydrogens (tertiary/aromatic N) is 1. The van der Waals surface area contributed by atoms with Crippen molar-refractivity contribution in [3.05, 3.63) is 0 Å². The van der Waals surface area contributed by atoms with Crippen molar-refractivity contribution in [2.24, 2.45) is 0 Å². The van der Waals surface area contributed by atoms with E-state index in [9.17, 15) is 13.2 Å². The Labute approximate surface area is 96.7 Å². The first kappa shape index (κ1) is 13.3. The maximum Gasteiger partial charge on any atom is 0.410 e. The first-order chi connectivity index (χ1) is 7.02. The van der Waals surface area contributed by atoms with Crippen LogP contribution in [0, 0.1) is 0 Å². The molecule has 0 unspecified atom stereocenters. The smallest absolute Gasteiger partial charge is 0.410 e. The van der Waals surface area contributed by atoms with Gasteiger partial charge < -0.3 is 9.64 Å². The molecule has 0 aromatic heterocycles. The second-order valence-corrected chi connectivity index (χ2v) is 7.51. The summed E-state index contributed by atoms with van der Waals surface area (Å²) in [6.45, 7) is 7.30. The van der Waals surface area contributed by atoms with E-state index in [0.29, 0.717) is 0 Å². The van der Waals surface area contributed by atoms with Crippen molar-refractivity contribution < 1.29 is 17.9 Å². The zero-order chi connectivity index (χ0) is 12.7. The van der Waals surface area contributed by atoms with Crippen LogP contribution in [0.4, 0.5) is 4.79 Å². The molecule has 0 N–H and O–H groups in total. The molecular formula is C10H19NO4S. The lowest BCUT2D eigenvalue weighted by molar-refractivity contribution is -0.000285. The Kier molecular flexibility index (Phi) is 3.24. The Morgan fingerprint density at radius 1 is 1.38 bits per heavy atom. The lowest BCUT2D eigenvalue weighted by Gasteiger charge is -2.44. The molecule has 0 bridgehead atoms. The topological polar surface area (TPSA) is 63.7 Å². The number of amides is 1. The summed E-state index contributed by atoms with van der Waals surface area (Å²) in [5.74, 6) is 0. The van der Waals surface area contributed by atoms with Crippen molar-refractivity contribution in [3.8, 4) is 0 Å². The minimum atomic E-state index is -3.07. The first-order valence-electron chi connectivity index (χ1n) is 5.21. The van der Waals surface area contributed by atoms with Crippen molar-refractivity contribution >= 4 is 15.9 Å². The van der Waals surface area contributed by atoms with Crippen molar-refractivity contribution in [1.82, 2.24) is 4.90 Å². The summed E-state index contributed by atoms with van der Waals surface area (Å²) in [6.07, 6.45) is 0.751. The van der Waals surface area contributed by atoms with Crippen molar-refractivity contribution in [2.75, 3.05) is 12.8 Å². The number of hydrogen-bond donors (Lipinski definition) is 0. The fraction of sp³-hybridized carbons (Fsp3) is 0.900. The van der Waals surface area contributed by atoms with Gasteiger partial charge in [0.05, 0.1) is 11.3 Å². The van der Waals surface area contributed by atoms with Crippen LogP contribution in [0.1, 0.15) is 27.7 Å². The van der Waals surface area contributed by atoms with E-state index in [-0.39, 0.29) is 12.6 Å². The van der Waals surface area contributed by atoms with E-state index in [1.165, 1.54) is 11.2 Å². The third-order valence-corrected chi connectivity index (χ3v) is 4.23. The SMILES string of the molecule is C[C@@H]1[C@@H](S(C)(=O)=O)CN1C(=O)OC(C)(C)C. The number of carbonyl (C=O) groups excluding carboxylic acids is 1. The molecule has 1 amide bonds. The highest BCUT2D eigenvalue weighted by Gasteiger charge is 2.46. The molecule has 6 heteroatoms. The molecule has 5 nitrogen and oxygen atoms in total. The summed E-state index contributed by atoms with van der Waals surface area (Å²) in [5, 5.41) is -0.458. The molecule has 0 saturated carbocycles. The fourth-order valence-electron chi connectivity index (χ4n) is 1.63. The Balaban J connectivity index is 2.60. The number of rotatable bonds is 1. The van der Waals surface area contributed by atoms with Gasteiger partial charge in [-0.3, -0.25) is 0 Å². The van der Waals surface area contributed by atoms with Gasteiger partial charge in [0.2, 0.25) is 0 Å². The van der Waals surface area contributed by atoms with Crippen LogP contribution in [0.25, 0.3) is 0 Å². The van der Waals surface area contributed by atoms with Gasteiger partial charge in [-0.2, -0.15) is 0 Å². The van der Waals surface area contributed by atoms with E-state index in [1.54, 1.807) is 27.7 Å². The lowest BCUT2D eigenvalue weighted by atomic mass is 10.1. The highest BCUT2D eigenvalue weighted by Crippen LogP contribution is 2.26. The van der Waals surface area contributed by atoms with Crippen molar-refractivity contribution in [2.45, 2.75) is 44.6 Å². The predicted octanol–water partition coefficient (Wildman–Crippen LogP) is 1.04. The monoisotopic (exact) mass is 249 g/mol. The third-order valence-electron chi connectivity index (χ3n) is 2.58. The van der Waals surface area contributed by atoms with Crippen LogP contribution in [0.15, 0.2) is 0 Å². The molecule has 0 spiro atoms. The number of hydrogen-bond acceptors (Lipinski definition) is 4. The van der Waals surface area contributed by atoms with E-state index < -0.39 is 26.8 Å². The largest absolute Gasteiger partial charge is 0.444 e. The quantitative estimate of drug-likeness (QED) is 0.696. The van der Waals surface area contributed by atoms with Gasteiger partial charge in [0.25, 0.3) is 0 Å². The fourth-order valence-corrected chi connectivity index (χ4v) is 2.92. The number of likely N-dealkylation sites (tertiary alicyclic amines) is 1. The Hall–Kier alpha value is -0.780. The van der Waals surface area contributed by atoms with E-state index >= 15 is 0 Å².